The van der Waals surface area contributed by atoms with E-state index in [-0.39, 0.29) is 16.6 Å². The number of ether oxygens (including phenoxy) is 1. The van der Waals surface area contributed by atoms with Crippen molar-refractivity contribution in [2.75, 3.05) is 18.2 Å². The van der Waals surface area contributed by atoms with Crippen molar-refractivity contribution in [3.05, 3.63) is 11.8 Å². The average molecular weight is 226 g/mol. The maximum Gasteiger partial charge on any atom is 0.286 e. The molecule has 1 aliphatic rings. The number of hydrogen-bond donors (Lipinski definition) is 1. The second kappa shape index (κ2) is 3.35. The van der Waals surface area contributed by atoms with Crippen molar-refractivity contribution < 1.29 is 14.1 Å². The van der Waals surface area contributed by atoms with Gasteiger partial charge in [0, 0.05) is 11.1 Å². The van der Waals surface area contributed by atoms with Crippen molar-refractivity contribution in [3.8, 4) is 0 Å². The number of rotatable bonds is 1. The van der Waals surface area contributed by atoms with Gasteiger partial charge in [-0.2, -0.15) is 0 Å². The highest BCUT2D eigenvalue weighted by atomic mass is 16.5. The number of aromatic nitrogens is 2. The lowest BCUT2D eigenvalue weighted by atomic mass is 9.94. The molecular formula is C10H18N4O2. The predicted molar refractivity (Wildman–Crippen MR) is 55.3 cm³/mol. The van der Waals surface area contributed by atoms with Gasteiger partial charge in [0.15, 0.2) is 0 Å². The van der Waals surface area contributed by atoms with Crippen LogP contribution in [0.25, 0.3) is 0 Å². The molecule has 0 bridgehead atoms. The molecule has 1 saturated heterocycles. The highest BCUT2D eigenvalue weighted by Crippen LogP contribution is 2.25. The SMILES string of the molecule is CC1(C)COCC(C)(C)N1[n+]1cc(=N)o[n-]1. The van der Waals surface area contributed by atoms with E-state index in [1.807, 2.05) is 0 Å². The van der Waals surface area contributed by atoms with Crippen LogP contribution < -0.4 is 20.6 Å². The summed E-state index contributed by atoms with van der Waals surface area (Å²) in [6.45, 7) is 9.59. The van der Waals surface area contributed by atoms with Gasteiger partial charge in [0.05, 0.1) is 13.2 Å². The van der Waals surface area contributed by atoms with E-state index in [0.717, 1.165) is 0 Å². The molecule has 16 heavy (non-hydrogen) atoms. The van der Waals surface area contributed by atoms with Crippen LogP contribution in [0.15, 0.2) is 10.7 Å². The van der Waals surface area contributed by atoms with Gasteiger partial charge >= 0.3 is 0 Å². The summed E-state index contributed by atoms with van der Waals surface area (Å²) in [4.78, 5) is 1.60. The lowest BCUT2D eigenvalue weighted by Crippen LogP contribution is -2.79. The summed E-state index contributed by atoms with van der Waals surface area (Å²) in [5.74, 6) is 0. The monoisotopic (exact) mass is 226 g/mol. The van der Waals surface area contributed by atoms with Gasteiger partial charge in [0.2, 0.25) is 0 Å². The summed E-state index contributed by atoms with van der Waals surface area (Å²) in [5.41, 5.74) is -0.316. The Labute approximate surface area is 94.2 Å². The second-order valence-electron chi connectivity index (χ2n) is 5.42. The molecule has 1 aromatic rings. The van der Waals surface area contributed by atoms with E-state index in [9.17, 15) is 0 Å². The highest BCUT2D eigenvalue weighted by Gasteiger charge is 2.42. The molecule has 0 amide bonds. The van der Waals surface area contributed by atoms with Crippen LogP contribution >= 0.6 is 0 Å². The first-order chi connectivity index (χ1) is 7.33. The molecule has 90 valence electrons. The summed E-state index contributed by atoms with van der Waals surface area (Å²) >= 11 is 0. The Morgan fingerprint density at radius 2 is 1.88 bits per heavy atom. The van der Waals surface area contributed by atoms with E-state index in [1.54, 1.807) is 11.0 Å². The Bertz CT molecular complexity index is 416. The fourth-order valence-electron chi connectivity index (χ4n) is 2.38. The Morgan fingerprint density at radius 3 is 2.31 bits per heavy atom. The second-order valence-corrected chi connectivity index (χ2v) is 5.42. The minimum absolute atomic E-state index is 0.0538. The quantitative estimate of drug-likeness (QED) is 0.657. The molecule has 0 radical (unpaired) electrons. The summed E-state index contributed by atoms with van der Waals surface area (Å²) < 4.78 is 10.4. The maximum atomic E-state index is 7.39. The zero-order valence-electron chi connectivity index (χ0n) is 10.1. The van der Waals surface area contributed by atoms with Gasteiger partial charge in [-0.3, -0.25) is 10.4 Å². The first-order valence-electron chi connectivity index (χ1n) is 5.32. The van der Waals surface area contributed by atoms with Crippen LogP contribution in [-0.2, 0) is 4.74 Å². The topological polar surface area (TPSA) is 67.4 Å². The van der Waals surface area contributed by atoms with Crippen LogP contribution in [0.5, 0.6) is 0 Å². The lowest BCUT2D eigenvalue weighted by molar-refractivity contribution is -0.780. The molecule has 0 unspecified atom stereocenters. The van der Waals surface area contributed by atoms with Gasteiger partial charge in [-0.1, -0.05) is 32.5 Å². The van der Waals surface area contributed by atoms with Gasteiger partial charge < -0.3 is 9.26 Å². The fraction of sp³-hybridized carbons (Fsp3) is 0.800. The number of morpholine rings is 1. The minimum atomic E-state index is -0.185. The van der Waals surface area contributed by atoms with E-state index in [4.69, 9.17) is 14.7 Å². The van der Waals surface area contributed by atoms with Crippen LogP contribution in [0.4, 0.5) is 0 Å². The zero-order valence-corrected chi connectivity index (χ0v) is 10.1. The number of nitrogens with one attached hydrogen (secondary N) is 1. The number of hydrogen-bond acceptors (Lipinski definition) is 4. The van der Waals surface area contributed by atoms with E-state index in [2.05, 4.69) is 38.0 Å². The van der Waals surface area contributed by atoms with Gasteiger partial charge in [-0.15, -0.1) is 0 Å². The molecule has 0 atom stereocenters. The fourth-order valence-corrected chi connectivity index (χ4v) is 2.38. The summed E-state index contributed by atoms with van der Waals surface area (Å²) in [6, 6.07) is 0. The molecule has 1 N–H and O–H groups in total. The molecule has 0 spiro atoms. The molecule has 0 aliphatic carbocycles. The van der Waals surface area contributed by atoms with Crippen LogP contribution in [-0.4, -0.2) is 24.3 Å². The normalized spacial score (nSPS) is 23.4. The summed E-state index contributed by atoms with van der Waals surface area (Å²) in [5, 5.41) is 13.3. The molecular weight excluding hydrogens is 208 g/mol. The minimum Gasteiger partial charge on any atom is -0.380 e. The average Bonchev–Trinajstić information content (AvgIpc) is 2.48. The van der Waals surface area contributed by atoms with Gasteiger partial charge in [0.25, 0.3) is 11.8 Å². The number of nitrogens with zero attached hydrogens (tertiary/aromatic N) is 3. The standard InChI is InChI=1S/C10H18N4O2/c1-9(2)6-15-7-10(3,4)14(9)13-5-8(11)16-12-13/h5,11H,6-7H2,1-4H3. The molecule has 2 heterocycles. The molecule has 6 heteroatoms. The van der Waals surface area contributed by atoms with Crippen molar-refractivity contribution in [2.24, 2.45) is 0 Å². The molecule has 0 aromatic carbocycles. The Morgan fingerprint density at radius 1 is 1.31 bits per heavy atom. The van der Waals surface area contributed by atoms with Crippen LogP contribution in [0.1, 0.15) is 27.7 Å². The first kappa shape index (κ1) is 11.2. The summed E-state index contributed by atoms with van der Waals surface area (Å²) in [6.07, 6.45) is 1.56. The van der Waals surface area contributed by atoms with E-state index < -0.39 is 0 Å². The molecule has 6 nitrogen and oxygen atoms in total. The maximum absolute atomic E-state index is 7.39. The Hall–Kier alpha value is -1.30. The molecule has 1 aliphatic heterocycles. The van der Waals surface area contributed by atoms with Crippen molar-refractivity contribution in [2.45, 2.75) is 38.8 Å². The van der Waals surface area contributed by atoms with Crippen LogP contribution in [0.2, 0.25) is 0 Å². The third-order valence-corrected chi connectivity index (χ3v) is 2.72. The third kappa shape index (κ3) is 1.73. The van der Waals surface area contributed by atoms with Crippen molar-refractivity contribution in [3.63, 3.8) is 0 Å². The highest BCUT2D eigenvalue weighted by molar-refractivity contribution is 5.07. The smallest absolute Gasteiger partial charge is 0.286 e. The lowest BCUT2D eigenvalue weighted by Gasteiger charge is -2.52. The molecule has 0 saturated carbocycles. The first-order valence-corrected chi connectivity index (χ1v) is 5.32. The zero-order chi connectivity index (χ0) is 12.0. The van der Waals surface area contributed by atoms with Crippen LogP contribution in [0.3, 0.4) is 0 Å². The van der Waals surface area contributed by atoms with Gasteiger partial charge in [-0.05, 0) is 5.27 Å². The largest absolute Gasteiger partial charge is 0.380 e. The molecule has 2 rings (SSSR count). The van der Waals surface area contributed by atoms with Crippen molar-refractivity contribution in [1.29, 1.82) is 5.41 Å². The predicted octanol–water partition coefficient (Wildman–Crippen LogP) is -0.471. The summed E-state index contributed by atoms with van der Waals surface area (Å²) in [7, 11) is 0. The van der Waals surface area contributed by atoms with Crippen LogP contribution in [0, 0.1) is 5.41 Å². The Balaban J connectivity index is 2.44. The molecule has 1 fully saturated rings. The van der Waals surface area contributed by atoms with E-state index in [0.29, 0.717) is 13.2 Å². The van der Waals surface area contributed by atoms with E-state index in [1.165, 1.54) is 0 Å². The Kier molecular flexibility index (Phi) is 2.34. The van der Waals surface area contributed by atoms with Gasteiger partial charge in [0.1, 0.15) is 0 Å². The third-order valence-electron chi connectivity index (χ3n) is 2.72. The molecule has 1 aromatic heterocycles. The van der Waals surface area contributed by atoms with Crippen molar-refractivity contribution >= 4 is 0 Å². The van der Waals surface area contributed by atoms with Crippen molar-refractivity contribution in [1.82, 2.24) is 5.27 Å². The van der Waals surface area contributed by atoms with E-state index >= 15 is 0 Å². The van der Waals surface area contributed by atoms with Gasteiger partial charge in [-0.25, -0.2) is 0 Å².